The third kappa shape index (κ3) is 0.721. The van der Waals surface area contributed by atoms with Crippen molar-refractivity contribution in [3.05, 3.63) is 11.8 Å². The van der Waals surface area contributed by atoms with E-state index in [2.05, 4.69) is 5.32 Å². The maximum atomic E-state index is 7.20. The molecule has 1 aliphatic heterocycles. The molecule has 0 radical (unpaired) electrons. The smallest absolute Gasteiger partial charge is 0.0511 e. The van der Waals surface area contributed by atoms with E-state index in [1.165, 1.54) is 6.20 Å². The standard InChI is InChI=1S/C5H9N3/c6-1-4-2-8-3-5(4)7/h1,7-8H,2-3,6H2/b4-1-,7-5?. The predicted molar refractivity (Wildman–Crippen MR) is 32.9 cm³/mol. The lowest BCUT2D eigenvalue weighted by Crippen LogP contribution is -2.07. The Balaban J connectivity index is 2.69. The van der Waals surface area contributed by atoms with Crippen LogP contribution in [0.25, 0.3) is 0 Å². The summed E-state index contributed by atoms with van der Waals surface area (Å²) in [6.45, 7) is 1.43. The molecule has 1 aliphatic rings. The second kappa shape index (κ2) is 1.96. The highest BCUT2D eigenvalue weighted by molar-refractivity contribution is 6.01. The summed E-state index contributed by atoms with van der Waals surface area (Å²) >= 11 is 0. The van der Waals surface area contributed by atoms with Gasteiger partial charge in [0.15, 0.2) is 0 Å². The minimum Gasteiger partial charge on any atom is -0.404 e. The SMILES string of the molecule is N=C1CNC/C1=C/N. The zero-order valence-corrected chi connectivity index (χ0v) is 4.57. The highest BCUT2D eigenvalue weighted by atomic mass is 14.9. The molecule has 1 rings (SSSR count). The Kier molecular flexibility index (Phi) is 1.30. The molecular formula is C5H9N3. The van der Waals surface area contributed by atoms with E-state index in [0.717, 1.165) is 12.1 Å². The highest BCUT2D eigenvalue weighted by Gasteiger charge is 2.10. The summed E-state index contributed by atoms with van der Waals surface area (Å²) in [5.74, 6) is 0. The molecule has 0 bridgehead atoms. The Bertz CT molecular complexity index is 137. The Morgan fingerprint density at radius 2 is 2.38 bits per heavy atom. The minimum atomic E-state index is 0.618. The van der Waals surface area contributed by atoms with E-state index in [0.29, 0.717) is 12.3 Å². The summed E-state index contributed by atoms with van der Waals surface area (Å²) < 4.78 is 0. The largest absolute Gasteiger partial charge is 0.404 e. The van der Waals surface area contributed by atoms with Gasteiger partial charge in [0.1, 0.15) is 0 Å². The van der Waals surface area contributed by atoms with Crippen LogP contribution in [0.5, 0.6) is 0 Å². The Morgan fingerprint density at radius 3 is 2.62 bits per heavy atom. The van der Waals surface area contributed by atoms with E-state index in [9.17, 15) is 0 Å². The van der Waals surface area contributed by atoms with Gasteiger partial charge in [-0.1, -0.05) is 0 Å². The van der Waals surface area contributed by atoms with Crippen LogP contribution in [0.1, 0.15) is 0 Å². The van der Waals surface area contributed by atoms with Crippen molar-refractivity contribution in [2.75, 3.05) is 13.1 Å². The van der Waals surface area contributed by atoms with Crippen molar-refractivity contribution < 1.29 is 0 Å². The first-order valence-corrected chi connectivity index (χ1v) is 2.54. The fourth-order valence-electron chi connectivity index (χ4n) is 0.702. The summed E-state index contributed by atoms with van der Waals surface area (Å²) in [4.78, 5) is 0. The lowest BCUT2D eigenvalue weighted by molar-refractivity contribution is 0.905. The van der Waals surface area contributed by atoms with Crippen molar-refractivity contribution in [3.8, 4) is 0 Å². The second-order valence-corrected chi connectivity index (χ2v) is 1.77. The van der Waals surface area contributed by atoms with Crippen molar-refractivity contribution in [1.29, 1.82) is 5.41 Å². The lowest BCUT2D eigenvalue weighted by atomic mass is 10.2. The summed E-state index contributed by atoms with van der Waals surface area (Å²) in [7, 11) is 0. The topological polar surface area (TPSA) is 61.9 Å². The molecule has 0 aliphatic carbocycles. The molecule has 0 unspecified atom stereocenters. The van der Waals surface area contributed by atoms with Gasteiger partial charge in [-0.05, 0) is 0 Å². The van der Waals surface area contributed by atoms with Crippen molar-refractivity contribution in [3.63, 3.8) is 0 Å². The first-order chi connectivity index (χ1) is 3.84. The van der Waals surface area contributed by atoms with Crippen molar-refractivity contribution >= 4 is 5.71 Å². The number of rotatable bonds is 0. The first kappa shape index (κ1) is 5.31. The van der Waals surface area contributed by atoms with Crippen LogP contribution >= 0.6 is 0 Å². The normalized spacial score (nSPS) is 25.0. The predicted octanol–water partition coefficient (Wildman–Crippen LogP) is -0.548. The molecule has 0 aromatic carbocycles. The maximum absolute atomic E-state index is 7.20. The molecule has 0 aromatic rings. The molecule has 0 spiro atoms. The average molecular weight is 111 g/mol. The van der Waals surface area contributed by atoms with E-state index in [1.807, 2.05) is 0 Å². The van der Waals surface area contributed by atoms with E-state index in [1.54, 1.807) is 0 Å². The third-order valence-corrected chi connectivity index (χ3v) is 1.21. The van der Waals surface area contributed by atoms with Crippen molar-refractivity contribution in [1.82, 2.24) is 5.32 Å². The van der Waals surface area contributed by atoms with Gasteiger partial charge in [0.25, 0.3) is 0 Å². The van der Waals surface area contributed by atoms with Gasteiger partial charge in [0.05, 0.1) is 5.71 Å². The van der Waals surface area contributed by atoms with Gasteiger partial charge in [-0.2, -0.15) is 0 Å². The van der Waals surface area contributed by atoms with Crippen LogP contribution in [0.15, 0.2) is 11.8 Å². The Morgan fingerprint density at radius 1 is 1.62 bits per heavy atom. The maximum Gasteiger partial charge on any atom is 0.0511 e. The van der Waals surface area contributed by atoms with Gasteiger partial charge >= 0.3 is 0 Å². The monoisotopic (exact) mass is 111 g/mol. The van der Waals surface area contributed by atoms with Crippen LogP contribution in [0.4, 0.5) is 0 Å². The molecule has 3 nitrogen and oxygen atoms in total. The second-order valence-electron chi connectivity index (χ2n) is 1.77. The number of nitrogens with one attached hydrogen (secondary N) is 2. The van der Waals surface area contributed by atoms with Gasteiger partial charge < -0.3 is 16.5 Å². The molecule has 44 valence electrons. The average Bonchev–Trinajstić information content (AvgIpc) is 2.14. The van der Waals surface area contributed by atoms with Crippen LogP contribution in [0.3, 0.4) is 0 Å². The van der Waals surface area contributed by atoms with E-state index in [4.69, 9.17) is 11.1 Å². The molecule has 0 saturated carbocycles. The first-order valence-electron chi connectivity index (χ1n) is 2.54. The number of hydrogen-bond acceptors (Lipinski definition) is 3. The molecule has 1 fully saturated rings. The molecule has 1 saturated heterocycles. The van der Waals surface area contributed by atoms with Crippen LogP contribution < -0.4 is 11.1 Å². The molecule has 3 heteroatoms. The van der Waals surface area contributed by atoms with Crippen LogP contribution in [0.2, 0.25) is 0 Å². The summed E-state index contributed by atoms with van der Waals surface area (Å²) in [5.41, 5.74) is 6.72. The summed E-state index contributed by atoms with van der Waals surface area (Å²) in [5, 5.41) is 10.2. The van der Waals surface area contributed by atoms with Gasteiger partial charge in [0.2, 0.25) is 0 Å². The molecule has 4 N–H and O–H groups in total. The molecule has 0 amide bonds. The number of hydrogen-bond donors (Lipinski definition) is 3. The van der Waals surface area contributed by atoms with E-state index >= 15 is 0 Å². The Hall–Kier alpha value is -0.830. The van der Waals surface area contributed by atoms with Gasteiger partial charge in [-0.25, -0.2) is 0 Å². The van der Waals surface area contributed by atoms with Crippen molar-refractivity contribution in [2.24, 2.45) is 5.73 Å². The molecule has 8 heavy (non-hydrogen) atoms. The fourth-order valence-corrected chi connectivity index (χ4v) is 0.702. The zero-order valence-electron chi connectivity index (χ0n) is 4.57. The summed E-state index contributed by atoms with van der Waals surface area (Å²) in [6.07, 6.45) is 1.49. The lowest BCUT2D eigenvalue weighted by Gasteiger charge is -1.87. The van der Waals surface area contributed by atoms with Crippen molar-refractivity contribution in [2.45, 2.75) is 0 Å². The summed E-state index contributed by atoms with van der Waals surface area (Å²) in [6, 6.07) is 0. The van der Waals surface area contributed by atoms with Crippen LogP contribution in [-0.4, -0.2) is 18.8 Å². The van der Waals surface area contributed by atoms with E-state index < -0.39 is 0 Å². The van der Waals surface area contributed by atoms with Gasteiger partial charge in [0, 0.05) is 24.9 Å². The highest BCUT2D eigenvalue weighted by Crippen LogP contribution is 1.97. The molecular weight excluding hydrogens is 102 g/mol. The Labute approximate surface area is 48.1 Å². The molecule has 0 atom stereocenters. The van der Waals surface area contributed by atoms with Crippen LogP contribution in [0, 0.1) is 5.41 Å². The zero-order chi connectivity index (χ0) is 5.98. The fraction of sp³-hybridized carbons (Fsp3) is 0.400. The number of nitrogens with two attached hydrogens (primary N) is 1. The minimum absolute atomic E-state index is 0.618. The van der Waals surface area contributed by atoms with Gasteiger partial charge in [-0.3, -0.25) is 0 Å². The quantitative estimate of drug-likeness (QED) is 0.393. The molecule has 1 heterocycles. The molecule has 0 aromatic heterocycles. The van der Waals surface area contributed by atoms with E-state index in [-0.39, 0.29) is 0 Å². The van der Waals surface area contributed by atoms with Gasteiger partial charge in [-0.15, -0.1) is 0 Å². The van der Waals surface area contributed by atoms with Crippen LogP contribution in [-0.2, 0) is 0 Å². The third-order valence-electron chi connectivity index (χ3n) is 1.21.